The molecule has 0 saturated heterocycles. The highest BCUT2D eigenvalue weighted by atomic mass is 35.5. The molecular weight excluding hydrogens is 259 g/mol. The van der Waals surface area contributed by atoms with Gasteiger partial charge in [0.2, 0.25) is 0 Å². The molecular formula is C13H8ClFO3. The van der Waals surface area contributed by atoms with Crippen molar-refractivity contribution in [3.05, 3.63) is 52.8 Å². The van der Waals surface area contributed by atoms with Crippen LogP contribution >= 0.6 is 11.6 Å². The Hall–Kier alpha value is -2.07. The Bertz CT molecular complexity index is 626. The molecule has 2 rings (SSSR count). The molecule has 2 aromatic rings. The number of benzene rings is 2. The van der Waals surface area contributed by atoms with Crippen molar-refractivity contribution in [1.29, 1.82) is 0 Å². The van der Waals surface area contributed by atoms with Crippen molar-refractivity contribution in [2.24, 2.45) is 0 Å². The number of rotatable bonds is 2. The van der Waals surface area contributed by atoms with Gasteiger partial charge in [0.15, 0.2) is 0 Å². The SMILES string of the molecule is O=C(O)c1cc(-c2cc(F)ccc2O)ccc1Cl. The van der Waals surface area contributed by atoms with Crippen LogP contribution in [0.15, 0.2) is 36.4 Å². The Morgan fingerprint density at radius 3 is 2.56 bits per heavy atom. The summed E-state index contributed by atoms with van der Waals surface area (Å²) in [5.74, 6) is -1.83. The first kappa shape index (κ1) is 12.4. The molecule has 0 atom stereocenters. The van der Waals surface area contributed by atoms with Crippen LogP contribution < -0.4 is 0 Å². The van der Waals surface area contributed by atoms with Crippen molar-refractivity contribution >= 4 is 17.6 Å². The highest BCUT2D eigenvalue weighted by Crippen LogP contribution is 2.32. The molecule has 0 saturated carbocycles. The molecule has 3 nitrogen and oxygen atoms in total. The lowest BCUT2D eigenvalue weighted by molar-refractivity contribution is 0.0697. The van der Waals surface area contributed by atoms with E-state index in [4.69, 9.17) is 16.7 Å². The molecule has 0 amide bonds. The fourth-order valence-corrected chi connectivity index (χ4v) is 1.79. The Labute approximate surface area is 107 Å². The lowest BCUT2D eigenvalue weighted by atomic mass is 10.0. The summed E-state index contributed by atoms with van der Waals surface area (Å²) < 4.78 is 13.1. The third-order valence-corrected chi connectivity index (χ3v) is 2.80. The second-order valence-electron chi connectivity index (χ2n) is 3.66. The van der Waals surface area contributed by atoms with E-state index in [1.54, 1.807) is 0 Å². The van der Waals surface area contributed by atoms with Crippen molar-refractivity contribution in [3.8, 4) is 16.9 Å². The largest absolute Gasteiger partial charge is 0.507 e. The summed E-state index contributed by atoms with van der Waals surface area (Å²) >= 11 is 5.73. The lowest BCUT2D eigenvalue weighted by Gasteiger charge is -2.07. The van der Waals surface area contributed by atoms with Crippen LogP contribution in [0, 0.1) is 5.82 Å². The molecule has 0 aromatic heterocycles. The summed E-state index contributed by atoms with van der Waals surface area (Å²) in [5.41, 5.74) is 0.501. The number of carboxylic acids is 1. The molecule has 0 aliphatic carbocycles. The maximum Gasteiger partial charge on any atom is 0.337 e. The fourth-order valence-electron chi connectivity index (χ4n) is 1.60. The average molecular weight is 267 g/mol. The zero-order valence-corrected chi connectivity index (χ0v) is 9.78. The van der Waals surface area contributed by atoms with Gasteiger partial charge in [-0.25, -0.2) is 9.18 Å². The molecule has 0 bridgehead atoms. The summed E-state index contributed by atoms with van der Waals surface area (Å²) in [6, 6.07) is 7.66. The predicted octanol–water partition coefficient (Wildman–Crippen LogP) is 3.55. The van der Waals surface area contributed by atoms with Crippen LogP contribution in [-0.4, -0.2) is 16.2 Å². The number of phenolic OH excluding ortho intramolecular Hbond substituents is 1. The van der Waals surface area contributed by atoms with E-state index >= 15 is 0 Å². The molecule has 0 aliphatic rings. The van der Waals surface area contributed by atoms with Gasteiger partial charge in [0, 0.05) is 5.56 Å². The number of aromatic carboxylic acids is 1. The number of carbonyl (C=O) groups is 1. The molecule has 0 spiro atoms. The Morgan fingerprint density at radius 2 is 1.89 bits per heavy atom. The molecule has 92 valence electrons. The van der Waals surface area contributed by atoms with Gasteiger partial charge in [0.05, 0.1) is 10.6 Å². The molecule has 0 radical (unpaired) electrons. The first-order chi connectivity index (χ1) is 8.49. The average Bonchev–Trinajstić information content (AvgIpc) is 2.33. The van der Waals surface area contributed by atoms with E-state index in [1.807, 2.05) is 0 Å². The maximum atomic E-state index is 13.1. The normalized spacial score (nSPS) is 10.3. The molecule has 0 heterocycles. The second kappa shape index (κ2) is 4.66. The predicted molar refractivity (Wildman–Crippen MR) is 65.5 cm³/mol. The number of phenols is 1. The Kier molecular flexibility index (Phi) is 3.21. The van der Waals surface area contributed by atoms with Crippen LogP contribution in [-0.2, 0) is 0 Å². The zero-order valence-electron chi connectivity index (χ0n) is 9.02. The number of aromatic hydroxyl groups is 1. The van der Waals surface area contributed by atoms with E-state index in [1.165, 1.54) is 24.3 Å². The van der Waals surface area contributed by atoms with Crippen molar-refractivity contribution in [1.82, 2.24) is 0 Å². The van der Waals surface area contributed by atoms with Gasteiger partial charge in [-0.2, -0.15) is 0 Å². The summed E-state index contributed by atoms with van der Waals surface area (Å²) in [4.78, 5) is 10.9. The quantitative estimate of drug-likeness (QED) is 0.874. The van der Waals surface area contributed by atoms with Gasteiger partial charge in [-0.1, -0.05) is 17.7 Å². The second-order valence-corrected chi connectivity index (χ2v) is 4.07. The van der Waals surface area contributed by atoms with Crippen LogP contribution in [0.2, 0.25) is 5.02 Å². The monoisotopic (exact) mass is 266 g/mol. The Balaban J connectivity index is 2.61. The third kappa shape index (κ3) is 2.28. The zero-order chi connectivity index (χ0) is 13.3. The molecule has 18 heavy (non-hydrogen) atoms. The highest BCUT2D eigenvalue weighted by molar-refractivity contribution is 6.33. The van der Waals surface area contributed by atoms with Gasteiger partial charge in [0.25, 0.3) is 0 Å². The van der Waals surface area contributed by atoms with Gasteiger partial charge in [0.1, 0.15) is 11.6 Å². The van der Waals surface area contributed by atoms with Crippen LogP contribution in [0.5, 0.6) is 5.75 Å². The van der Waals surface area contributed by atoms with E-state index in [0.717, 1.165) is 12.1 Å². The lowest BCUT2D eigenvalue weighted by Crippen LogP contribution is -1.97. The minimum Gasteiger partial charge on any atom is -0.507 e. The third-order valence-electron chi connectivity index (χ3n) is 2.47. The first-order valence-electron chi connectivity index (χ1n) is 5.01. The highest BCUT2D eigenvalue weighted by Gasteiger charge is 2.12. The van der Waals surface area contributed by atoms with Crippen LogP contribution in [0.4, 0.5) is 4.39 Å². The standard InChI is InChI=1S/C13H8ClFO3/c14-11-3-1-7(5-10(11)13(17)18)9-6-8(15)2-4-12(9)16/h1-6,16H,(H,17,18). The van der Waals surface area contributed by atoms with E-state index in [-0.39, 0.29) is 21.9 Å². The molecule has 2 N–H and O–H groups in total. The number of carboxylic acid groups (broad SMARTS) is 1. The van der Waals surface area contributed by atoms with Gasteiger partial charge in [-0.15, -0.1) is 0 Å². The van der Waals surface area contributed by atoms with Crippen molar-refractivity contribution in [3.63, 3.8) is 0 Å². The first-order valence-corrected chi connectivity index (χ1v) is 5.38. The van der Waals surface area contributed by atoms with Crippen LogP contribution in [0.1, 0.15) is 10.4 Å². The summed E-state index contributed by atoms with van der Waals surface area (Å²) in [5, 5.41) is 18.7. The van der Waals surface area contributed by atoms with E-state index in [0.29, 0.717) is 5.56 Å². The van der Waals surface area contributed by atoms with Crippen molar-refractivity contribution < 1.29 is 19.4 Å². The van der Waals surface area contributed by atoms with Crippen LogP contribution in [0.25, 0.3) is 11.1 Å². The van der Waals surface area contributed by atoms with Crippen LogP contribution in [0.3, 0.4) is 0 Å². The van der Waals surface area contributed by atoms with Gasteiger partial charge >= 0.3 is 5.97 Å². The fraction of sp³-hybridized carbons (Fsp3) is 0. The van der Waals surface area contributed by atoms with E-state index in [2.05, 4.69) is 0 Å². The van der Waals surface area contributed by atoms with Crippen molar-refractivity contribution in [2.45, 2.75) is 0 Å². The summed E-state index contributed by atoms with van der Waals surface area (Å²) in [7, 11) is 0. The smallest absolute Gasteiger partial charge is 0.337 e. The number of hydrogen-bond donors (Lipinski definition) is 2. The van der Waals surface area contributed by atoms with E-state index in [9.17, 15) is 14.3 Å². The molecule has 0 unspecified atom stereocenters. The molecule has 5 heteroatoms. The van der Waals surface area contributed by atoms with Gasteiger partial charge < -0.3 is 10.2 Å². The number of hydrogen-bond acceptors (Lipinski definition) is 2. The molecule has 0 fully saturated rings. The minimum absolute atomic E-state index is 0.0853. The topological polar surface area (TPSA) is 57.5 Å². The summed E-state index contributed by atoms with van der Waals surface area (Å²) in [6.45, 7) is 0. The number of halogens is 2. The van der Waals surface area contributed by atoms with Crippen molar-refractivity contribution in [2.75, 3.05) is 0 Å². The van der Waals surface area contributed by atoms with E-state index < -0.39 is 11.8 Å². The summed E-state index contributed by atoms with van der Waals surface area (Å²) in [6.07, 6.45) is 0. The Morgan fingerprint density at radius 1 is 1.17 bits per heavy atom. The van der Waals surface area contributed by atoms with Gasteiger partial charge in [-0.05, 0) is 35.9 Å². The minimum atomic E-state index is -1.18. The molecule has 2 aromatic carbocycles. The maximum absolute atomic E-state index is 13.1. The van der Waals surface area contributed by atoms with Gasteiger partial charge in [-0.3, -0.25) is 0 Å². The molecule has 0 aliphatic heterocycles.